The van der Waals surface area contributed by atoms with Crippen molar-refractivity contribution in [3.63, 3.8) is 0 Å². The number of ketones is 1. The number of hydrogen-bond donors (Lipinski definition) is 1. The zero-order chi connectivity index (χ0) is 19.6. The lowest BCUT2D eigenvalue weighted by atomic mass is 9.97. The highest BCUT2D eigenvalue weighted by molar-refractivity contribution is 6.18. The maximum Gasteiger partial charge on any atom is 0.209 e. The number of aromatic amines is 1. The van der Waals surface area contributed by atoms with Gasteiger partial charge >= 0.3 is 0 Å². The van der Waals surface area contributed by atoms with Crippen molar-refractivity contribution in [1.82, 2.24) is 19.9 Å². The van der Waals surface area contributed by atoms with Gasteiger partial charge < -0.3 is 4.98 Å². The van der Waals surface area contributed by atoms with E-state index in [1.165, 1.54) is 6.33 Å². The van der Waals surface area contributed by atoms with Crippen LogP contribution < -0.4 is 0 Å². The first-order valence-electron chi connectivity index (χ1n) is 9.25. The quantitative estimate of drug-likeness (QED) is 0.452. The number of nitrogens with one attached hydrogen (secondary N) is 1. The summed E-state index contributed by atoms with van der Waals surface area (Å²) < 4.78 is 0. The predicted octanol–water partition coefficient (Wildman–Crippen LogP) is 4.92. The summed E-state index contributed by atoms with van der Waals surface area (Å²) in [5, 5.41) is 0.811. The van der Waals surface area contributed by atoms with Gasteiger partial charge in [-0.1, -0.05) is 66.7 Å². The second kappa shape index (κ2) is 7.13. The SMILES string of the molecule is O=C(c1ccccc1)c1[nH]c2ncnc(-c3ccccc3)c2c1-c1cccnc1. The topological polar surface area (TPSA) is 71.5 Å². The number of hydrogen-bond acceptors (Lipinski definition) is 4. The van der Waals surface area contributed by atoms with Crippen molar-refractivity contribution in [3.05, 3.63) is 103 Å². The summed E-state index contributed by atoms with van der Waals surface area (Å²) in [7, 11) is 0. The van der Waals surface area contributed by atoms with E-state index in [0.29, 0.717) is 16.9 Å². The predicted molar refractivity (Wildman–Crippen MR) is 112 cm³/mol. The van der Waals surface area contributed by atoms with Gasteiger partial charge in [0, 0.05) is 34.6 Å². The second-order valence-corrected chi connectivity index (χ2v) is 6.62. The molecule has 0 fully saturated rings. The Morgan fingerprint density at radius 3 is 2.24 bits per heavy atom. The molecule has 5 aromatic rings. The molecule has 0 radical (unpaired) electrons. The van der Waals surface area contributed by atoms with E-state index in [4.69, 9.17) is 0 Å². The van der Waals surface area contributed by atoms with Crippen molar-refractivity contribution in [3.8, 4) is 22.4 Å². The average molecular weight is 376 g/mol. The lowest BCUT2D eigenvalue weighted by Gasteiger charge is -2.07. The minimum absolute atomic E-state index is 0.0959. The van der Waals surface area contributed by atoms with Gasteiger partial charge in [-0.05, 0) is 6.07 Å². The first-order chi connectivity index (χ1) is 14.3. The number of carbonyl (C=O) groups is 1. The van der Waals surface area contributed by atoms with E-state index in [-0.39, 0.29) is 5.78 Å². The molecule has 0 atom stereocenters. The Kier molecular flexibility index (Phi) is 4.18. The van der Waals surface area contributed by atoms with E-state index in [9.17, 15) is 4.79 Å². The summed E-state index contributed by atoms with van der Waals surface area (Å²) >= 11 is 0. The van der Waals surface area contributed by atoms with Gasteiger partial charge in [0.2, 0.25) is 5.78 Å². The van der Waals surface area contributed by atoms with E-state index in [0.717, 1.165) is 27.8 Å². The number of nitrogens with zero attached hydrogens (tertiary/aromatic N) is 3. The molecule has 0 unspecified atom stereocenters. The van der Waals surface area contributed by atoms with Crippen LogP contribution in [-0.4, -0.2) is 25.7 Å². The summed E-state index contributed by atoms with van der Waals surface area (Å²) in [5.74, 6) is -0.0959. The van der Waals surface area contributed by atoms with E-state index < -0.39 is 0 Å². The van der Waals surface area contributed by atoms with Crippen LogP contribution in [0.5, 0.6) is 0 Å². The fourth-order valence-corrected chi connectivity index (χ4v) is 3.54. The lowest BCUT2D eigenvalue weighted by Crippen LogP contribution is -2.03. The van der Waals surface area contributed by atoms with Crippen LogP contribution in [-0.2, 0) is 0 Å². The minimum atomic E-state index is -0.0959. The molecule has 0 bridgehead atoms. The number of fused-ring (bicyclic) bond motifs is 1. The number of H-pyrrole nitrogens is 1. The molecule has 29 heavy (non-hydrogen) atoms. The number of benzene rings is 2. The van der Waals surface area contributed by atoms with E-state index in [1.54, 1.807) is 12.4 Å². The third kappa shape index (κ3) is 2.99. The van der Waals surface area contributed by atoms with Gasteiger partial charge in [-0.3, -0.25) is 9.78 Å². The van der Waals surface area contributed by atoms with Crippen LogP contribution in [0.1, 0.15) is 16.1 Å². The van der Waals surface area contributed by atoms with Crippen LogP contribution >= 0.6 is 0 Å². The van der Waals surface area contributed by atoms with Crippen molar-refractivity contribution in [2.24, 2.45) is 0 Å². The minimum Gasteiger partial charge on any atom is -0.336 e. The average Bonchev–Trinajstić information content (AvgIpc) is 3.20. The highest BCUT2D eigenvalue weighted by Gasteiger charge is 2.24. The monoisotopic (exact) mass is 376 g/mol. The molecule has 0 amide bonds. The maximum atomic E-state index is 13.4. The van der Waals surface area contributed by atoms with Gasteiger partial charge in [0.05, 0.1) is 16.8 Å². The zero-order valence-corrected chi connectivity index (χ0v) is 15.4. The summed E-state index contributed by atoms with van der Waals surface area (Å²) in [6.45, 7) is 0. The third-order valence-corrected chi connectivity index (χ3v) is 4.85. The number of aromatic nitrogens is 4. The molecule has 0 aliphatic rings. The molecule has 0 aliphatic heterocycles. The molecule has 5 heteroatoms. The van der Waals surface area contributed by atoms with Crippen LogP contribution in [0.25, 0.3) is 33.4 Å². The van der Waals surface area contributed by atoms with Gasteiger partial charge in [-0.2, -0.15) is 0 Å². The van der Waals surface area contributed by atoms with Gasteiger partial charge in [0.25, 0.3) is 0 Å². The highest BCUT2D eigenvalue weighted by Crippen LogP contribution is 2.37. The molecule has 0 aliphatic carbocycles. The Balaban J connectivity index is 1.84. The summed E-state index contributed by atoms with van der Waals surface area (Å²) in [6, 6.07) is 22.9. The molecule has 3 aromatic heterocycles. The molecule has 2 aromatic carbocycles. The molecule has 0 saturated carbocycles. The van der Waals surface area contributed by atoms with Crippen LogP contribution in [0.3, 0.4) is 0 Å². The molecule has 5 nitrogen and oxygen atoms in total. The van der Waals surface area contributed by atoms with E-state index >= 15 is 0 Å². The number of carbonyl (C=O) groups excluding carboxylic acids is 1. The molecule has 5 rings (SSSR count). The smallest absolute Gasteiger partial charge is 0.209 e. The summed E-state index contributed by atoms with van der Waals surface area (Å²) in [6.07, 6.45) is 4.99. The van der Waals surface area contributed by atoms with Gasteiger partial charge in [-0.25, -0.2) is 9.97 Å². The molecule has 3 heterocycles. The molecular formula is C24H16N4O. The first-order valence-corrected chi connectivity index (χ1v) is 9.25. The summed E-state index contributed by atoms with van der Waals surface area (Å²) in [4.78, 5) is 29.8. The normalized spacial score (nSPS) is 10.9. The zero-order valence-electron chi connectivity index (χ0n) is 15.4. The van der Waals surface area contributed by atoms with Crippen molar-refractivity contribution >= 4 is 16.8 Å². The molecule has 0 saturated heterocycles. The summed E-state index contributed by atoms with van der Waals surface area (Å²) in [5.41, 5.74) is 5.05. The first kappa shape index (κ1) is 17.0. The Labute approximate surface area is 167 Å². The van der Waals surface area contributed by atoms with Crippen molar-refractivity contribution in [2.75, 3.05) is 0 Å². The fourth-order valence-electron chi connectivity index (χ4n) is 3.54. The fraction of sp³-hybridized carbons (Fsp3) is 0. The van der Waals surface area contributed by atoms with E-state index in [2.05, 4.69) is 19.9 Å². The standard InChI is InChI=1S/C24H16N4O/c29-23(17-10-5-2-6-11-17)22-19(18-12-7-13-25-14-18)20-21(16-8-3-1-4-9-16)26-15-27-24(20)28-22/h1-15H,(H,26,27,28). The molecule has 0 spiro atoms. The highest BCUT2D eigenvalue weighted by atomic mass is 16.1. The molecule has 138 valence electrons. The third-order valence-electron chi connectivity index (χ3n) is 4.85. The van der Waals surface area contributed by atoms with Crippen LogP contribution in [0, 0.1) is 0 Å². The van der Waals surface area contributed by atoms with Crippen LogP contribution in [0.2, 0.25) is 0 Å². The van der Waals surface area contributed by atoms with Gasteiger partial charge in [-0.15, -0.1) is 0 Å². The van der Waals surface area contributed by atoms with Crippen LogP contribution in [0.4, 0.5) is 0 Å². The Hall–Kier alpha value is -4.12. The largest absolute Gasteiger partial charge is 0.336 e. The van der Waals surface area contributed by atoms with E-state index in [1.807, 2.05) is 72.8 Å². The van der Waals surface area contributed by atoms with Crippen molar-refractivity contribution < 1.29 is 4.79 Å². The van der Waals surface area contributed by atoms with Gasteiger partial charge in [0.15, 0.2) is 0 Å². The van der Waals surface area contributed by atoms with Crippen LogP contribution in [0.15, 0.2) is 91.5 Å². The number of pyridine rings is 1. The van der Waals surface area contributed by atoms with Crippen molar-refractivity contribution in [1.29, 1.82) is 0 Å². The lowest BCUT2D eigenvalue weighted by molar-refractivity contribution is 0.103. The van der Waals surface area contributed by atoms with Gasteiger partial charge in [0.1, 0.15) is 12.0 Å². The Morgan fingerprint density at radius 2 is 1.52 bits per heavy atom. The molecule has 1 N–H and O–H groups in total. The maximum absolute atomic E-state index is 13.4. The number of rotatable bonds is 4. The molecular weight excluding hydrogens is 360 g/mol. The van der Waals surface area contributed by atoms with Crippen molar-refractivity contribution in [2.45, 2.75) is 0 Å². The Morgan fingerprint density at radius 1 is 0.793 bits per heavy atom. The second-order valence-electron chi connectivity index (χ2n) is 6.62. The Bertz CT molecular complexity index is 1300.